The fraction of sp³-hybridized carbons (Fsp3) is 0.597. The van der Waals surface area contributed by atoms with Gasteiger partial charge in [0.1, 0.15) is 13.2 Å². The van der Waals surface area contributed by atoms with E-state index in [0.717, 1.165) is 154 Å². The standard InChI is InChI=1S/C72H114O6/c1-4-7-10-13-16-19-22-24-26-28-29-30-31-32-33-34-35-36-37-38-39-40-41-42-43-44-46-47-50-53-56-59-62-65-71(74)77-68-69(67-76-70(73)64-61-58-55-52-49-21-18-15-12-9-6-3)78-72(75)66-63-60-57-54-51-48-45-27-25-23-20-17-14-11-8-5-2/h7,10,15-16,18-20,23-24,26-27,29-30,32-33,35-36,38-39,41-42,44-46,50,53,69H,4-6,8-9,11-14,17,21-22,25,28,31,34,37,40,43,47-49,51-52,54-68H2,1-3H3/b10-7-,18-15-,19-16-,23-20-,26-24-,30-29-,33-32-,36-35-,39-38-,42-41-,45-27-,46-44-,53-50-. The summed E-state index contributed by atoms with van der Waals surface area (Å²) >= 11 is 0. The van der Waals surface area contributed by atoms with Crippen molar-refractivity contribution in [1.82, 2.24) is 0 Å². The smallest absolute Gasteiger partial charge is 0.306 e. The third kappa shape index (κ3) is 61.9. The van der Waals surface area contributed by atoms with E-state index < -0.39 is 6.10 Å². The Balaban J connectivity index is 4.38. The highest BCUT2D eigenvalue weighted by Crippen LogP contribution is 2.13. The average molecular weight is 1080 g/mol. The van der Waals surface area contributed by atoms with Gasteiger partial charge in [-0.3, -0.25) is 14.4 Å². The quantitative estimate of drug-likeness (QED) is 0.0261. The molecule has 0 spiro atoms. The van der Waals surface area contributed by atoms with Crippen molar-refractivity contribution in [2.24, 2.45) is 0 Å². The van der Waals surface area contributed by atoms with Crippen molar-refractivity contribution in [1.29, 1.82) is 0 Å². The van der Waals surface area contributed by atoms with Crippen LogP contribution in [0.1, 0.15) is 258 Å². The first-order chi connectivity index (χ1) is 38.5. The molecule has 0 aromatic carbocycles. The van der Waals surface area contributed by atoms with Gasteiger partial charge in [-0.15, -0.1) is 0 Å². The molecule has 0 aromatic rings. The summed E-state index contributed by atoms with van der Waals surface area (Å²) in [6.07, 6.45) is 94.0. The van der Waals surface area contributed by atoms with Crippen molar-refractivity contribution in [3.8, 4) is 0 Å². The van der Waals surface area contributed by atoms with Gasteiger partial charge in [0.15, 0.2) is 6.10 Å². The van der Waals surface area contributed by atoms with E-state index in [2.05, 4.69) is 179 Å². The molecule has 438 valence electrons. The molecule has 6 nitrogen and oxygen atoms in total. The van der Waals surface area contributed by atoms with Crippen LogP contribution in [0.25, 0.3) is 0 Å². The molecule has 1 atom stereocenters. The van der Waals surface area contributed by atoms with E-state index >= 15 is 0 Å². The summed E-state index contributed by atoms with van der Waals surface area (Å²) in [6, 6.07) is 0. The zero-order valence-corrected chi connectivity index (χ0v) is 50.1. The summed E-state index contributed by atoms with van der Waals surface area (Å²) in [6.45, 7) is 6.40. The highest BCUT2D eigenvalue weighted by Gasteiger charge is 2.19. The van der Waals surface area contributed by atoms with Crippen LogP contribution in [0, 0.1) is 0 Å². The van der Waals surface area contributed by atoms with Gasteiger partial charge in [-0.1, -0.05) is 249 Å². The van der Waals surface area contributed by atoms with Crippen LogP contribution in [0.15, 0.2) is 158 Å². The number of ether oxygens (including phenoxy) is 3. The van der Waals surface area contributed by atoms with Crippen molar-refractivity contribution in [3.05, 3.63) is 158 Å². The topological polar surface area (TPSA) is 78.9 Å². The van der Waals surface area contributed by atoms with Gasteiger partial charge in [0.05, 0.1) is 0 Å². The Morgan fingerprint density at radius 3 is 0.859 bits per heavy atom. The lowest BCUT2D eigenvalue weighted by Gasteiger charge is -2.18. The molecular weight excluding hydrogens is 961 g/mol. The Hall–Kier alpha value is -4.97. The molecule has 6 heteroatoms. The van der Waals surface area contributed by atoms with Crippen molar-refractivity contribution in [3.63, 3.8) is 0 Å². The minimum Gasteiger partial charge on any atom is -0.462 e. The van der Waals surface area contributed by atoms with Gasteiger partial charge in [-0.05, 0) is 148 Å². The minimum absolute atomic E-state index is 0.107. The van der Waals surface area contributed by atoms with E-state index in [9.17, 15) is 14.4 Å². The summed E-state index contributed by atoms with van der Waals surface area (Å²) in [5.74, 6) is -0.982. The van der Waals surface area contributed by atoms with Crippen molar-refractivity contribution in [2.75, 3.05) is 13.2 Å². The molecule has 0 aromatic heterocycles. The third-order valence-corrected chi connectivity index (χ3v) is 12.7. The number of hydrogen-bond acceptors (Lipinski definition) is 6. The summed E-state index contributed by atoms with van der Waals surface area (Å²) in [7, 11) is 0. The lowest BCUT2D eigenvalue weighted by Crippen LogP contribution is -2.30. The van der Waals surface area contributed by atoms with Crippen molar-refractivity contribution in [2.45, 2.75) is 264 Å². The van der Waals surface area contributed by atoms with Crippen molar-refractivity contribution < 1.29 is 28.6 Å². The number of esters is 3. The summed E-state index contributed by atoms with van der Waals surface area (Å²) in [5, 5.41) is 0. The lowest BCUT2D eigenvalue weighted by molar-refractivity contribution is -0.167. The van der Waals surface area contributed by atoms with Crippen LogP contribution in [0.3, 0.4) is 0 Å². The van der Waals surface area contributed by atoms with E-state index in [4.69, 9.17) is 14.2 Å². The van der Waals surface area contributed by atoms with Gasteiger partial charge in [-0.25, -0.2) is 0 Å². The van der Waals surface area contributed by atoms with Gasteiger partial charge >= 0.3 is 17.9 Å². The molecule has 0 amide bonds. The molecule has 0 N–H and O–H groups in total. The second kappa shape index (κ2) is 64.6. The molecule has 0 saturated heterocycles. The van der Waals surface area contributed by atoms with E-state index in [0.29, 0.717) is 25.7 Å². The van der Waals surface area contributed by atoms with Gasteiger partial charge in [0, 0.05) is 19.3 Å². The minimum atomic E-state index is -0.814. The van der Waals surface area contributed by atoms with Crippen LogP contribution in [0.5, 0.6) is 0 Å². The molecule has 78 heavy (non-hydrogen) atoms. The predicted molar refractivity (Wildman–Crippen MR) is 338 cm³/mol. The first kappa shape index (κ1) is 73.0. The maximum absolute atomic E-state index is 12.9. The Kier molecular flexibility index (Phi) is 60.4. The molecule has 0 aliphatic rings. The zero-order valence-electron chi connectivity index (χ0n) is 50.1. The SMILES string of the molecule is CC/C=C\C/C=C\C/C=C\C/C=C\C/C=C\C/C=C\C/C=C\C/C=C\C/C=C\C/C=C\CCCCC(=O)OCC(COC(=O)CCCCCCC/C=C\CCCC)OC(=O)CCCCCCC/C=C\C/C=C\CCCCCC. The number of allylic oxidation sites excluding steroid dienone is 26. The van der Waals surface area contributed by atoms with Crippen LogP contribution < -0.4 is 0 Å². The highest BCUT2D eigenvalue weighted by molar-refractivity contribution is 5.71. The maximum Gasteiger partial charge on any atom is 0.306 e. The predicted octanol–water partition coefficient (Wildman–Crippen LogP) is 21.7. The second-order valence-corrected chi connectivity index (χ2v) is 20.2. The van der Waals surface area contributed by atoms with Gasteiger partial charge < -0.3 is 14.2 Å². The molecule has 1 unspecified atom stereocenters. The Morgan fingerprint density at radius 1 is 0.269 bits per heavy atom. The molecule has 0 aliphatic carbocycles. The molecule has 0 aliphatic heterocycles. The molecular formula is C72H114O6. The highest BCUT2D eigenvalue weighted by atomic mass is 16.6. The summed E-state index contributed by atoms with van der Waals surface area (Å²) in [4.78, 5) is 38.2. The van der Waals surface area contributed by atoms with Crippen LogP contribution in [-0.2, 0) is 28.6 Å². The maximum atomic E-state index is 12.9. The van der Waals surface area contributed by atoms with Crippen LogP contribution >= 0.6 is 0 Å². The number of rotatable bonds is 55. The Labute approximate surface area is 480 Å². The molecule has 0 bridgehead atoms. The summed E-state index contributed by atoms with van der Waals surface area (Å²) < 4.78 is 16.8. The van der Waals surface area contributed by atoms with E-state index in [1.54, 1.807) is 0 Å². The lowest BCUT2D eigenvalue weighted by atomic mass is 10.1. The van der Waals surface area contributed by atoms with E-state index in [1.807, 2.05) is 0 Å². The van der Waals surface area contributed by atoms with Crippen molar-refractivity contribution >= 4 is 17.9 Å². The first-order valence-corrected chi connectivity index (χ1v) is 31.5. The van der Waals surface area contributed by atoms with Crippen LogP contribution in [0.4, 0.5) is 0 Å². The first-order valence-electron chi connectivity index (χ1n) is 31.5. The van der Waals surface area contributed by atoms with Gasteiger partial charge in [0.25, 0.3) is 0 Å². The van der Waals surface area contributed by atoms with Gasteiger partial charge in [0.2, 0.25) is 0 Å². The van der Waals surface area contributed by atoms with E-state index in [1.165, 1.54) is 57.8 Å². The Bertz CT molecular complexity index is 1760. The molecule has 0 rings (SSSR count). The zero-order chi connectivity index (χ0) is 56.4. The fourth-order valence-electron chi connectivity index (χ4n) is 8.01. The van der Waals surface area contributed by atoms with Crippen LogP contribution in [-0.4, -0.2) is 37.2 Å². The number of carbonyl (C=O) groups excluding carboxylic acids is 3. The normalized spacial score (nSPS) is 13.2. The number of carbonyl (C=O) groups is 3. The monoisotopic (exact) mass is 1070 g/mol. The second-order valence-electron chi connectivity index (χ2n) is 20.2. The number of hydrogen-bond donors (Lipinski definition) is 0. The summed E-state index contributed by atoms with van der Waals surface area (Å²) in [5.41, 5.74) is 0. The van der Waals surface area contributed by atoms with E-state index in [-0.39, 0.29) is 31.1 Å². The largest absolute Gasteiger partial charge is 0.462 e. The Morgan fingerprint density at radius 2 is 0.513 bits per heavy atom. The molecule has 0 heterocycles. The number of unbranched alkanes of at least 4 members (excludes halogenated alkanes) is 18. The average Bonchev–Trinajstić information content (AvgIpc) is 3.44. The molecule has 0 saturated carbocycles. The molecule has 0 radical (unpaired) electrons. The van der Waals surface area contributed by atoms with Gasteiger partial charge in [-0.2, -0.15) is 0 Å². The third-order valence-electron chi connectivity index (χ3n) is 12.7. The fourth-order valence-corrected chi connectivity index (χ4v) is 8.01. The molecule has 0 fully saturated rings. The van der Waals surface area contributed by atoms with Crippen LogP contribution in [0.2, 0.25) is 0 Å².